The molecule has 6 heteroatoms. The Morgan fingerprint density at radius 2 is 1.48 bits per heavy atom. The summed E-state index contributed by atoms with van der Waals surface area (Å²) in [7, 11) is 0. The lowest BCUT2D eigenvalue weighted by atomic mass is 9.97. The van der Waals surface area contributed by atoms with E-state index in [1.54, 1.807) is 60.7 Å². The molecule has 2 amide bonds. The summed E-state index contributed by atoms with van der Waals surface area (Å²) < 4.78 is 28.3. The van der Waals surface area contributed by atoms with Crippen LogP contribution in [-0.2, 0) is 4.79 Å². The van der Waals surface area contributed by atoms with E-state index in [1.807, 2.05) is 0 Å². The molecule has 2 atom stereocenters. The molecule has 0 heterocycles. The summed E-state index contributed by atoms with van der Waals surface area (Å²) in [6.07, 6.45) is 0. The number of carbonyl (C=O) groups excluding carboxylic acids is 2. The van der Waals surface area contributed by atoms with Gasteiger partial charge >= 0.3 is 0 Å². The summed E-state index contributed by atoms with van der Waals surface area (Å²) in [5, 5.41) is 0. The van der Waals surface area contributed by atoms with Crippen LogP contribution >= 0.6 is 0 Å². The van der Waals surface area contributed by atoms with Gasteiger partial charge in [-0.2, -0.15) is 0 Å². The third-order valence-corrected chi connectivity index (χ3v) is 4.74. The van der Waals surface area contributed by atoms with Gasteiger partial charge in [0.2, 0.25) is 5.91 Å². The molecule has 0 aliphatic rings. The summed E-state index contributed by atoms with van der Waals surface area (Å²) in [4.78, 5) is 27.0. The van der Waals surface area contributed by atoms with Gasteiger partial charge in [-0.1, -0.05) is 48.5 Å². The van der Waals surface area contributed by atoms with Crippen molar-refractivity contribution < 1.29 is 18.4 Å². The minimum Gasteiger partial charge on any atom is -0.368 e. The van der Waals surface area contributed by atoms with Crippen molar-refractivity contribution in [1.29, 1.82) is 0 Å². The maximum Gasteiger partial charge on any atom is 0.255 e. The minimum atomic E-state index is -1.17. The first-order valence-corrected chi connectivity index (χ1v) is 9.07. The van der Waals surface area contributed by atoms with Crippen molar-refractivity contribution in [2.45, 2.75) is 19.0 Å². The van der Waals surface area contributed by atoms with Crippen molar-refractivity contribution in [2.24, 2.45) is 5.73 Å². The van der Waals surface area contributed by atoms with Gasteiger partial charge in [-0.15, -0.1) is 0 Å². The van der Waals surface area contributed by atoms with Crippen molar-refractivity contribution >= 4 is 11.8 Å². The van der Waals surface area contributed by atoms with Crippen molar-refractivity contribution in [2.75, 3.05) is 0 Å². The molecule has 0 radical (unpaired) electrons. The van der Waals surface area contributed by atoms with Gasteiger partial charge in [0, 0.05) is 11.1 Å². The van der Waals surface area contributed by atoms with Crippen LogP contribution in [0.15, 0.2) is 78.9 Å². The van der Waals surface area contributed by atoms with Crippen LogP contribution in [0.1, 0.15) is 40.5 Å². The lowest BCUT2D eigenvalue weighted by Crippen LogP contribution is -2.43. The molecule has 3 rings (SSSR count). The van der Waals surface area contributed by atoms with E-state index in [-0.39, 0.29) is 5.56 Å². The van der Waals surface area contributed by atoms with Crippen LogP contribution in [0.25, 0.3) is 0 Å². The smallest absolute Gasteiger partial charge is 0.255 e. The van der Waals surface area contributed by atoms with Crippen LogP contribution in [0.3, 0.4) is 0 Å². The Kier molecular flexibility index (Phi) is 6.02. The van der Waals surface area contributed by atoms with Crippen LogP contribution in [0.2, 0.25) is 0 Å². The average molecular weight is 394 g/mol. The Morgan fingerprint density at radius 1 is 0.897 bits per heavy atom. The van der Waals surface area contributed by atoms with Crippen molar-refractivity contribution in [1.82, 2.24) is 4.90 Å². The molecule has 0 fully saturated rings. The van der Waals surface area contributed by atoms with Crippen molar-refractivity contribution in [3.8, 4) is 0 Å². The van der Waals surface area contributed by atoms with E-state index in [4.69, 9.17) is 5.73 Å². The number of nitrogens with zero attached hydrogens (tertiary/aromatic N) is 1. The predicted molar refractivity (Wildman–Crippen MR) is 106 cm³/mol. The Labute approximate surface area is 167 Å². The van der Waals surface area contributed by atoms with Crippen molar-refractivity contribution in [3.05, 3.63) is 107 Å². The number of halogens is 2. The van der Waals surface area contributed by atoms with Crippen LogP contribution in [-0.4, -0.2) is 16.7 Å². The number of nitrogens with two attached hydrogens (primary N) is 1. The third kappa shape index (κ3) is 4.32. The van der Waals surface area contributed by atoms with E-state index < -0.39 is 35.5 Å². The first-order valence-electron chi connectivity index (χ1n) is 9.07. The number of hydrogen-bond acceptors (Lipinski definition) is 2. The molecule has 0 unspecified atom stereocenters. The maximum absolute atomic E-state index is 14.5. The zero-order valence-corrected chi connectivity index (χ0v) is 15.8. The van der Waals surface area contributed by atoms with Gasteiger partial charge in [-0.3, -0.25) is 9.59 Å². The molecule has 0 bridgehead atoms. The maximum atomic E-state index is 14.5. The largest absolute Gasteiger partial charge is 0.368 e. The number of primary amides is 1. The standard InChI is InChI=1S/C23H20F2N2O2/c1-15(19-14-18(24)12-13-20(19)25)27(23(29)17-10-6-3-7-11-17)21(22(26)28)16-8-4-2-5-9-16/h2-15,21H,1H3,(H2,26,28)/t15-,21-/m1/s1. The number of rotatable bonds is 6. The van der Waals surface area contributed by atoms with E-state index >= 15 is 0 Å². The predicted octanol–water partition coefficient (Wildman–Crippen LogP) is 4.39. The zero-order valence-electron chi connectivity index (χ0n) is 15.8. The summed E-state index contributed by atoms with van der Waals surface area (Å²) in [5.41, 5.74) is 6.41. The summed E-state index contributed by atoms with van der Waals surface area (Å²) in [6.45, 7) is 1.54. The minimum absolute atomic E-state index is 0.0449. The second-order valence-electron chi connectivity index (χ2n) is 6.64. The third-order valence-electron chi connectivity index (χ3n) is 4.74. The van der Waals surface area contributed by atoms with Gasteiger partial charge in [-0.25, -0.2) is 8.78 Å². The second-order valence-corrected chi connectivity index (χ2v) is 6.64. The molecule has 4 nitrogen and oxygen atoms in total. The lowest BCUT2D eigenvalue weighted by Gasteiger charge is -2.35. The molecule has 0 aliphatic heterocycles. The van der Waals surface area contributed by atoms with Gasteiger partial charge in [-0.05, 0) is 42.8 Å². The normalized spacial score (nSPS) is 12.8. The highest BCUT2D eigenvalue weighted by Gasteiger charge is 2.35. The van der Waals surface area contributed by atoms with E-state index in [2.05, 4.69) is 0 Å². The molecule has 2 N–H and O–H groups in total. The van der Waals surface area contributed by atoms with Crippen LogP contribution in [0.5, 0.6) is 0 Å². The fourth-order valence-electron chi connectivity index (χ4n) is 3.33. The van der Waals surface area contributed by atoms with Crippen LogP contribution < -0.4 is 5.73 Å². The Bertz CT molecular complexity index is 1010. The van der Waals surface area contributed by atoms with Crippen LogP contribution in [0, 0.1) is 11.6 Å². The van der Waals surface area contributed by atoms with Crippen LogP contribution in [0.4, 0.5) is 8.78 Å². The Hall–Kier alpha value is -3.54. The SMILES string of the molecule is C[C@H](c1cc(F)ccc1F)N(C(=O)c1ccccc1)[C@@H](C(N)=O)c1ccccc1. The second kappa shape index (κ2) is 8.65. The van der Waals surface area contributed by atoms with Gasteiger partial charge in [0.15, 0.2) is 0 Å². The molecule has 0 aliphatic carbocycles. The fraction of sp³-hybridized carbons (Fsp3) is 0.130. The summed E-state index contributed by atoms with van der Waals surface area (Å²) in [5.74, 6) is -2.62. The Morgan fingerprint density at radius 3 is 2.07 bits per heavy atom. The molecule has 0 saturated heterocycles. The topological polar surface area (TPSA) is 63.4 Å². The molecule has 29 heavy (non-hydrogen) atoms. The molecule has 0 aromatic heterocycles. The van der Waals surface area contributed by atoms with Gasteiger partial charge < -0.3 is 10.6 Å². The molecule has 0 saturated carbocycles. The van der Waals surface area contributed by atoms with Gasteiger partial charge in [0.25, 0.3) is 5.91 Å². The molecule has 3 aromatic rings. The highest BCUT2D eigenvalue weighted by Crippen LogP contribution is 2.33. The number of benzene rings is 3. The monoisotopic (exact) mass is 394 g/mol. The van der Waals surface area contributed by atoms with E-state index in [1.165, 1.54) is 11.8 Å². The molecule has 0 spiro atoms. The van der Waals surface area contributed by atoms with E-state index in [0.717, 1.165) is 18.2 Å². The zero-order chi connectivity index (χ0) is 21.0. The van der Waals surface area contributed by atoms with E-state index in [9.17, 15) is 18.4 Å². The first kappa shape index (κ1) is 20.2. The molecule has 3 aromatic carbocycles. The van der Waals surface area contributed by atoms with Gasteiger partial charge in [0.05, 0.1) is 6.04 Å². The van der Waals surface area contributed by atoms with Gasteiger partial charge in [0.1, 0.15) is 17.7 Å². The molecular formula is C23H20F2N2O2. The first-order chi connectivity index (χ1) is 13.9. The highest BCUT2D eigenvalue weighted by molar-refractivity contribution is 5.98. The highest BCUT2D eigenvalue weighted by atomic mass is 19.1. The number of carbonyl (C=O) groups is 2. The number of hydrogen-bond donors (Lipinski definition) is 1. The summed E-state index contributed by atoms with van der Waals surface area (Å²) >= 11 is 0. The lowest BCUT2D eigenvalue weighted by molar-refractivity contribution is -0.123. The van der Waals surface area contributed by atoms with E-state index in [0.29, 0.717) is 11.1 Å². The van der Waals surface area contributed by atoms with Crippen molar-refractivity contribution in [3.63, 3.8) is 0 Å². The fourth-order valence-corrected chi connectivity index (χ4v) is 3.33. The summed E-state index contributed by atoms with van der Waals surface area (Å²) in [6, 6.07) is 17.7. The average Bonchev–Trinajstić information content (AvgIpc) is 2.73. The Balaban J connectivity index is 2.16. The molecule has 148 valence electrons. The quantitative estimate of drug-likeness (QED) is 0.674. The number of amides is 2. The molecular weight excluding hydrogens is 374 g/mol.